The number of benzene rings is 2. The second-order valence-corrected chi connectivity index (χ2v) is 4.78. The van der Waals surface area contributed by atoms with Crippen LogP contribution in [-0.2, 0) is 6.42 Å². The average molecular weight is 232 g/mol. The van der Waals surface area contributed by atoms with Crippen molar-refractivity contribution in [3.8, 4) is 0 Å². The van der Waals surface area contributed by atoms with Gasteiger partial charge in [0, 0.05) is 0 Å². The molecule has 0 fully saturated rings. The first-order valence-corrected chi connectivity index (χ1v) is 6.30. The van der Waals surface area contributed by atoms with Crippen LogP contribution in [-0.4, -0.2) is 0 Å². The van der Waals surface area contributed by atoms with E-state index in [9.17, 15) is 0 Å². The van der Waals surface area contributed by atoms with E-state index in [4.69, 9.17) is 0 Å². The Kier molecular flexibility index (Phi) is 2.64. The van der Waals surface area contributed by atoms with Crippen LogP contribution in [0.15, 0.2) is 66.7 Å². The third kappa shape index (κ3) is 1.70. The van der Waals surface area contributed by atoms with Crippen LogP contribution in [0.3, 0.4) is 0 Å². The molecule has 0 aliphatic heterocycles. The van der Waals surface area contributed by atoms with Gasteiger partial charge in [0.05, 0.1) is 0 Å². The van der Waals surface area contributed by atoms with Crippen molar-refractivity contribution in [2.24, 2.45) is 0 Å². The van der Waals surface area contributed by atoms with Gasteiger partial charge in [0.1, 0.15) is 0 Å². The molecule has 18 heavy (non-hydrogen) atoms. The fourth-order valence-corrected chi connectivity index (χ4v) is 2.63. The minimum absolute atomic E-state index is 1.00. The summed E-state index contributed by atoms with van der Waals surface area (Å²) in [6.07, 6.45) is 1.00. The summed E-state index contributed by atoms with van der Waals surface area (Å²) in [7, 11) is 0. The molecule has 0 bridgehead atoms. The third-order valence-corrected chi connectivity index (χ3v) is 3.74. The Morgan fingerprint density at radius 2 is 1.56 bits per heavy atom. The number of fused-ring (bicyclic) bond motifs is 1. The summed E-state index contributed by atoms with van der Waals surface area (Å²) >= 11 is 0. The zero-order valence-corrected chi connectivity index (χ0v) is 10.6. The molecule has 2 aromatic rings. The van der Waals surface area contributed by atoms with Gasteiger partial charge < -0.3 is 0 Å². The highest BCUT2D eigenvalue weighted by molar-refractivity contribution is 5.92. The van der Waals surface area contributed by atoms with E-state index in [0.717, 1.165) is 12.0 Å². The molecule has 0 heteroatoms. The lowest BCUT2D eigenvalue weighted by Crippen LogP contribution is -2.05. The molecule has 0 saturated heterocycles. The van der Waals surface area contributed by atoms with Gasteiger partial charge in [-0.2, -0.15) is 0 Å². The van der Waals surface area contributed by atoms with E-state index in [1.54, 1.807) is 0 Å². The summed E-state index contributed by atoms with van der Waals surface area (Å²) in [4.78, 5) is 0. The van der Waals surface area contributed by atoms with E-state index in [1.807, 2.05) is 0 Å². The predicted octanol–water partition coefficient (Wildman–Crippen LogP) is 4.73. The molecule has 0 unspecified atom stereocenters. The predicted molar refractivity (Wildman–Crippen MR) is 78.2 cm³/mol. The van der Waals surface area contributed by atoms with Gasteiger partial charge in [-0.3, -0.25) is 0 Å². The van der Waals surface area contributed by atoms with Crippen molar-refractivity contribution in [3.05, 3.63) is 83.4 Å². The molecular weight excluding hydrogens is 216 g/mol. The normalized spacial score (nSPS) is 14.6. The summed E-state index contributed by atoms with van der Waals surface area (Å²) in [5.74, 6) is 0. The van der Waals surface area contributed by atoms with E-state index in [2.05, 4.69) is 68.1 Å². The standard InChI is InChI=1S/C18H16/c1-13-14(2)18(15-8-4-3-5-9-15)12-16-10-6-7-11-17(13)16/h3-11H,1,12H2,2H3. The molecule has 0 spiro atoms. The highest BCUT2D eigenvalue weighted by atomic mass is 14.2. The van der Waals surface area contributed by atoms with Gasteiger partial charge in [-0.15, -0.1) is 0 Å². The fraction of sp³-hybridized carbons (Fsp3) is 0.111. The van der Waals surface area contributed by atoms with Crippen LogP contribution >= 0.6 is 0 Å². The largest absolute Gasteiger partial charge is 0.0909 e. The van der Waals surface area contributed by atoms with Gasteiger partial charge in [-0.25, -0.2) is 0 Å². The SMILES string of the molecule is C=C1C(C)=C(c2ccccc2)Cc2ccccc21. The monoisotopic (exact) mass is 232 g/mol. The molecule has 0 atom stereocenters. The van der Waals surface area contributed by atoms with Crippen molar-refractivity contribution in [2.45, 2.75) is 13.3 Å². The smallest absolute Gasteiger partial charge is 0.00108 e. The molecule has 1 aliphatic rings. The first-order chi connectivity index (χ1) is 8.77. The van der Waals surface area contributed by atoms with Crippen molar-refractivity contribution >= 4 is 11.1 Å². The van der Waals surface area contributed by atoms with Gasteiger partial charge >= 0.3 is 0 Å². The van der Waals surface area contributed by atoms with E-state index in [0.29, 0.717) is 0 Å². The van der Waals surface area contributed by atoms with Gasteiger partial charge in [0.25, 0.3) is 0 Å². The molecule has 3 rings (SSSR count). The van der Waals surface area contributed by atoms with E-state index < -0.39 is 0 Å². The minimum atomic E-state index is 1.00. The molecule has 0 nitrogen and oxygen atoms in total. The first kappa shape index (κ1) is 11.0. The van der Waals surface area contributed by atoms with Crippen LogP contribution in [0.2, 0.25) is 0 Å². The Hall–Kier alpha value is -2.08. The lowest BCUT2D eigenvalue weighted by atomic mass is 9.81. The summed E-state index contributed by atoms with van der Waals surface area (Å²) in [6, 6.07) is 19.2. The zero-order valence-electron chi connectivity index (χ0n) is 10.6. The Bertz CT molecular complexity index is 630. The fourth-order valence-electron chi connectivity index (χ4n) is 2.63. The molecule has 0 saturated carbocycles. The van der Waals surface area contributed by atoms with Crippen LogP contribution in [0.4, 0.5) is 0 Å². The number of allylic oxidation sites excluding steroid dienone is 3. The molecule has 0 aromatic heterocycles. The summed E-state index contributed by atoms with van der Waals surface area (Å²) in [5, 5.41) is 0. The molecule has 0 amide bonds. The van der Waals surface area contributed by atoms with Crippen LogP contribution in [0, 0.1) is 0 Å². The summed E-state index contributed by atoms with van der Waals surface area (Å²) in [5.41, 5.74) is 7.88. The molecule has 0 N–H and O–H groups in total. The van der Waals surface area contributed by atoms with Crippen molar-refractivity contribution < 1.29 is 0 Å². The van der Waals surface area contributed by atoms with Gasteiger partial charge in [-0.1, -0.05) is 61.2 Å². The Morgan fingerprint density at radius 3 is 2.33 bits per heavy atom. The Labute approximate surface area is 108 Å². The molecular formula is C18H16. The van der Waals surface area contributed by atoms with E-state index >= 15 is 0 Å². The van der Waals surface area contributed by atoms with Crippen molar-refractivity contribution in [3.63, 3.8) is 0 Å². The van der Waals surface area contributed by atoms with E-state index in [1.165, 1.54) is 27.8 Å². The zero-order chi connectivity index (χ0) is 12.5. The van der Waals surface area contributed by atoms with Crippen molar-refractivity contribution in [2.75, 3.05) is 0 Å². The number of rotatable bonds is 1. The van der Waals surface area contributed by atoms with Crippen LogP contribution in [0.5, 0.6) is 0 Å². The maximum atomic E-state index is 4.25. The third-order valence-electron chi connectivity index (χ3n) is 3.74. The highest BCUT2D eigenvalue weighted by Crippen LogP contribution is 2.37. The molecule has 0 heterocycles. The number of hydrogen-bond donors (Lipinski definition) is 0. The molecule has 2 aromatic carbocycles. The van der Waals surface area contributed by atoms with Crippen molar-refractivity contribution in [1.29, 1.82) is 0 Å². The second-order valence-electron chi connectivity index (χ2n) is 4.78. The quantitative estimate of drug-likeness (QED) is 0.666. The molecule has 1 aliphatic carbocycles. The van der Waals surface area contributed by atoms with Crippen LogP contribution < -0.4 is 0 Å². The molecule has 88 valence electrons. The van der Waals surface area contributed by atoms with E-state index in [-0.39, 0.29) is 0 Å². The summed E-state index contributed by atoms with van der Waals surface area (Å²) < 4.78 is 0. The maximum Gasteiger partial charge on any atom is -0.00108 e. The highest BCUT2D eigenvalue weighted by Gasteiger charge is 2.18. The second kappa shape index (κ2) is 4.30. The van der Waals surface area contributed by atoms with Gasteiger partial charge in [-0.05, 0) is 46.8 Å². The minimum Gasteiger partial charge on any atom is -0.0909 e. The Morgan fingerprint density at radius 1 is 0.889 bits per heavy atom. The number of hydrogen-bond acceptors (Lipinski definition) is 0. The van der Waals surface area contributed by atoms with Gasteiger partial charge in [0.2, 0.25) is 0 Å². The first-order valence-electron chi connectivity index (χ1n) is 6.30. The maximum absolute atomic E-state index is 4.25. The van der Waals surface area contributed by atoms with Crippen LogP contribution in [0.1, 0.15) is 23.6 Å². The van der Waals surface area contributed by atoms with Crippen molar-refractivity contribution in [1.82, 2.24) is 0 Å². The van der Waals surface area contributed by atoms with Crippen LogP contribution in [0.25, 0.3) is 11.1 Å². The summed E-state index contributed by atoms with van der Waals surface area (Å²) in [6.45, 7) is 6.44. The molecule has 0 radical (unpaired) electrons. The lowest BCUT2D eigenvalue weighted by molar-refractivity contribution is 1.21. The average Bonchev–Trinajstić information content (AvgIpc) is 2.44. The lowest BCUT2D eigenvalue weighted by Gasteiger charge is -2.23. The van der Waals surface area contributed by atoms with Gasteiger partial charge in [0.15, 0.2) is 0 Å². The topological polar surface area (TPSA) is 0 Å². The Balaban J connectivity index is 2.14.